The lowest BCUT2D eigenvalue weighted by Crippen LogP contribution is -2.27. The Hall–Kier alpha value is -1.91. The van der Waals surface area contributed by atoms with Gasteiger partial charge in [0.25, 0.3) is 0 Å². The van der Waals surface area contributed by atoms with Crippen LogP contribution in [0, 0.1) is 0 Å². The molecule has 1 N–H and O–H groups in total. The van der Waals surface area contributed by atoms with Crippen molar-refractivity contribution in [1.82, 2.24) is 0 Å². The predicted molar refractivity (Wildman–Crippen MR) is 168 cm³/mol. The summed E-state index contributed by atoms with van der Waals surface area (Å²) >= 11 is 0. The molecule has 0 aromatic carbocycles. The van der Waals surface area contributed by atoms with Crippen LogP contribution in [0.15, 0.2) is 60.8 Å². The maximum absolute atomic E-state index is 12.1. The van der Waals surface area contributed by atoms with E-state index < -0.39 is 6.10 Å². The summed E-state index contributed by atoms with van der Waals surface area (Å²) in [6, 6.07) is 0. The Morgan fingerprint density at radius 2 is 1.13 bits per heavy atom. The van der Waals surface area contributed by atoms with Gasteiger partial charge < -0.3 is 14.6 Å². The zero-order chi connectivity index (χ0) is 28.5. The first-order valence-corrected chi connectivity index (χ1v) is 15.9. The van der Waals surface area contributed by atoms with Crippen molar-refractivity contribution in [2.24, 2.45) is 0 Å². The molecule has 4 heteroatoms. The summed E-state index contributed by atoms with van der Waals surface area (Å²) in [5, 5.41) is 9.49. The van der Waals surface area contributed by atoms with Crippen LogP contribution >= 0.6 is 0 Å². The zero-order valence-corrected chi connectivity index (χ0v) is 25.4. The number of aliphatic hydroxyl groups excluding tert-OH is 1. The van der Waals surface area contributed by atoms with E-state index >= 15 is 0 Å². The number of hydrogen-bond acceptors (Lipinski definition) is 4. The molecule has 0 spiro atoms. The Labute approximate surface area is 241 Å². The summed E-state index contributed by atoms with van der Waals surface area (Å²) in [5.41, 5.74) is 0. The number of carbonyl (C=O) groups excluding carboxylic acids is 1. The van der Waals surface area contributed by atoms with Crippen LogP contribution in [-0.4, -0.2) is 37.0 Å². The second-order valence-electron chi connectivity index (χ2n) is 10.2. The first kappa shape index (κ1) is 37.1. The van der Waals surface area contributed by atoms with Gasteiger partial charge in [-0.3, -0.25) is 4.79 Å². The number of ether oxygens (including phenoxy) is 2. The Bertz CT molecular complexity index is 660. The first-order valence-electron chi connectivity index (χ1n) is 15.9. The molecular formula is C35H60O4. The second kappa shape index (κ2) is 32.3. The van der Waals surface area contributed by atoms with Crippen molar-refractivity contribution < 1.29 is 19.4 Å². The Kier molecular flexibility index (Phi) is 30.7. The third-order valence-corrected chi connectivity index (χ3v) is 6.36. The average Bonchev–Trinajstić information content (AvgIpc) is 2.94. The molecule has 39 heavy (non-hydrogen) atoms. The maximum atomic E-state index is 12.1. The van der Waals surface area contributed by atoms with Crippen LogP contribution in [0.25, 0.3) is 0 Å². The molecular weight excluding hydrogens is 484 g/mol. The number of hydrogen-bond donors (Lipinski definition) is 1. The van der Waals surface area contributed by atoms with Crippen molar-refractivity contribution in [3.05, 3.63) is 60.8 Å². The van der Waals surface area contributed by atoms with Crippen molar-refractivity contribution in [2.45, 2.75) is 136 Å². The molecule has 0 heterocycles. The molecule has 0 radical (unpaired) electrons. The molecule has 0 aliphatic rings. The van der Waals surface area contributed by atoms with E-state index in [9.17, 15) is 9.90 Å². The van der Waals surface area contributed by atoms with Crippen molar-refractivity contribution in [1.29, 1.82) is 0 Å². The molecule has 1 unspecified atom stereocenters. The Morgan fingerprint density at radius 1 is 0.641 bits per heavy atom. The normalized spacial score (nSPS) is 13.2. The summed E-state index contributed by atoms with van der Waals surface area (Å²) in [5.74, 6) is -0.260. The van der Waals surface area contributed by atoms with Gasteiger partial charge in [-0.05, 0) is 51.4 Å². The second-order valence-corrected chi connectivity index (χ2v) is 10.2. The van der Waals surface area contributed by atoms with Crippen LogP contribution in [0.5, 0.6) is 0 Å². The number of rotatable bonds is 28. The number of unbranched alkanes of at least 4 members (excludes halogenated alkanes) is 10. The number of carbonyl (C=O) groups is 1. The third kappa shape index (κ3) is 30.5. The highest BCUT2D eigenvalue weighted by Crippen LogP contribution is 2.11. The summed E-state index contributed by atoms with van der Waals surface area (Å²) in [6.45, 7) is 5.14. The Morgan fingerprint density at radius 3 is 1.64 bits per heavy atom. The van der Waals surface area contributed by atoms with Gasteiger partial charge in [0, 0.05) is 13.0 Å². The largest absolute Gasteiger partial charge is 0.457 e. The summed E-state index contributed by atoms with van der Waals surface area (Å²) in [7, 11) is 0. The summed E-state index contributed by atoms with van der Waals surface area (Å²) < 4.78 is 11.0. The van der Waals surface area contributed by atoms with Gasteiger partial charge in [0.2, 0.25) is 0 Å². The molecule has 0 amide bonds. The SMILES string of the molecule is CC/C=C\C/C=C\C/C=C\C/C=C\C/C=C\CCCC(=O)OC(CO)COCCCCCCCCCCCC. The molecule has 4 nitrogen and oxygen atoms in total. The van der Waals surface area contributed by atoms with Crippen LogP contribution in [0.1, 0.15) is 129 Å². The number of allylic oxidation sites excluding steroid dienone is 10. The van der Waals surface area contributed by atoms with Crippen molar-refractivity contribution in [3.8, 4) is 0 Å². The van der Waals surface area contributed by atoms with Gasteiger partial charge in [-0.1, -0.05) is 132 Å². The predicted octanol–water partition coefficient (Wildman–Crippen LogP) is 9.75. The monoisotopic (exact) mass is 544 g/mol. The lowest BCUT2D eigenvalue weighted by Gasteiger charge is -2.15. The van der Waals surface area contributed by atoms with E-state index in [1.165, 1.54) is 57.8 Å². The van der Waals surface area contributed by atoms with Gasteiger partial charge >= 0.3 is 5.97 Å². The van der Waals surface area contributed by atoms with E-state index in [0.717, 1.165) is 51.4 Å². The highest BCUT2D eigenvalue weighted by atomic mass is 16.6. The lowest BCUT2D eigenvalue weighted by atomic mass is 10.1. The minimum absolute atomic E-state index is 0.196. The fourth-order valence-electron chi connectivity index (χ4n) is 4.01. The van der Waals surface area contributed by atoms with Gasteiger partial charge in [-0.25, -0.2) is 0 Å². The van der Waals surface area contributed by atoms with Crippen molar-refractivity contribution in [3.63, 3.8) is 0 Å². The van der Waals surface area contributed by atoms with Crippen LogP contribution in [0.2, 0.25) is 0 Å². The molecule has 224 valence electrons. The van der Waals surface area contributed by atoms with Crippen LogP contribution in [-0.2, 0) is 14.3 Å². The van der Waals surface area contributed by atoms with E-state index in [0.29, 0.717) is 13.0 Å². The minimum Gasteiger partial charge on any atom is -0.457 e. The molecule has 0 aliphatic carbocycles. The third-order valence-electron chi connectivity index (χ3n) is 6.36. The summed E-state index contributed by atoms with van der Waals surface area (Å²) in [6.07, 6.45) is 41.1. The van der Waals surface area contributed by atoms with E-state index in [4.69, 9.17) is 9.47 Å². The fraction of sp³-hybridized carbons (Fsp3) is 0.686. The average molecular weight is 545 g/mol. The molecule has 0 aromatic heterocycles. The lowest BCUT2D eigenvalue weighted by molar-refractivity contribution is -0.154. The summed E-state index contributed by atoms with van der Waals surface area (Å²) in [4.78, 5) is 12.1. The highest BCUT2D eigenvalue weighted by molar-refractivity contribution is 5.69. The molecule has 0 saturated heterocycles. The molecule has 0 aromatic rings. The molecule has 0 fully saturated rings. The van der Waals surface area contributed by atoms with Gasteiger partial charge in [0.15, 0.2) is 0 Å². The molecule has 0 bridgehead atoms. The number of esters is 1. The van der Waals surface area contributed by atoms with Crippen molar-refractivity contribution >= 4 is 5.97 Å². The quantitative estimate of drug-likeness (QED) is 0.0605. The number of aliphatic hydroxyl groups is 1. The van der Waals surface area contributed by atoms with E-state index in [1.54, 1.807) is 0 Å². The minimum atomic E-state index is -0.561. The topological polar surface area (TPSA) is 55.8 Å². The zero-order valence-electron chi connectivity index (χ0n) is 25.4. The van der Waals surface area contributed by atoms with Gasteiger partial charge in [0.1, 0.15) is 6.10 Å². The smallest absolute Gasteiger partial charge is 0.306 e. The molecule has 1 atom stereocenters. The van der Waals surface area contributed by atoms with Crippen LogP contribution in [0.3, 0.4) is 0 Å². The standard InChI is InChI=1S/C35H60O4/c1-3-5-7-9-11-13-15-16-17-18-19-20-21-22-24-26-28-30-35(37)39-34(32-36)33-38-31-29-27-25-23-14-12-10-8-6-4-2/h5,7,11,13,16-17,19-20,22,24,34,36H,3-4,6,8-10,12,14-15,18,21,23,25-33H2,1-2H3/b7-5-,13-11-,17-16-,20-19-,24-22-. The van der Waals surface area contributed by atoms with E-state index in [1.807, 2.05) is 0 Å². The van der Waals surface area contributed by atoms with Gasteiger partial charge in [-0.15, -0.1) is 0 Å². The maximum Gasteiger partial charge on any atom is 0.306 e. The molecule has 0 aliphatic heterocycles. The first-order chi connectivity index (χ1) is 19.2. The highest BCUT2D eigenvalue weighted by Gasteiger charge is 2.13. The van der Waals surface area contributed by atoms with E-state index in [-0.39, 0.29) is 19.2 Å². The van der Waals surface area contributed by atoms with Crippen LogP contribution in [0.4, 0.5) is 0 Å². The van der Waals surface area contributed by atoms with Crippen LogP contribution < -0.4 is 0 Å². The fourth-order valence-corrected chi connectivity index (χ4v) is 4.01. The van der Waals surface area contributed by atoms with Crippen molar-refractivity contribution in [2.75, 3.05) is 19.8 Å². The van der Waals surface area contributed by atoms with Gasteiger partial charge in [-0.2, -0.15) is 0 Å². The van der Waals surface area contributed by atoms with Gasteiger partial charge in [0.05, 0.1) is 13.2 Å². The molecule has 0 saturated carbocycles. The van der Waals surface area contributed by atoms with E-state index in [2.05, 4.69) is 74.6 Å². The molecule has 0 rings (SSSR count). The Balaban J connectivity index is 3.63.